The summed E-state index contributed by atoms with van der Waals surface area (Å²) in [6.45, 7) is 3.02. The number of thioether (sulfide) groups is 1. The first-order chi connectivity index (χ1) is 11.2. The number of nitrogens with two attached hydrogens (primary N) is 1. The van der Waals surface area contributed by atoms with Crippen LogP contribution in [0.15, 0.2) is 0 Å². The Morgan fingerprint density at radius 3 is 2.52 bits per heavy atom. The number of carbonyl (C=O) groups is 2. The van der Waals surface area contributed by atoms with E-state index in [1.165, 1.54) is 31.0 Å². The van der Waals surface area contributed by atoms with E-state index in [1.807, 2.05) is 0 Å². The minimum atomic E-state index is -0.00852. The quantitative estimate of drug-likeness (QED) is 0.707. The van der Waals surface area contributed by atoms with Crippen molar-refractivity contribution >= 4 is 23.6 Å². The molecule has 0 aromatic carbocycles. The zero-order chi connectivity index (χ0) is 16.5. The molecule has 23 heavy (non-hydrogen) atoms. The molecular weight excluding hydrogens is 314 g/mol. The standard InChI is InChI=1S/C16H29N3O3S/c17-10-14(13-4-2-1-3-5-13)18-15(20)11-23-12-16(21)19-6-8-22-9-7-19/h13-14H,1-12,17H2,(H,18,20). The number of rotatable bonds is 7. The molecule has 1 saturated carbocycles. The maximum Gasteiger partial charge on any atom is 0.232 e. The molecule has 7 heteroatoms. The highest BCUT2D eigenvalue weighted by Gasteiger charge is 2.24. The lowest BCUT2D eigenvalue weighted by atomic mass is 9.84. The third-order valence-electron chi connectivity index (χ3n) is 4.64. The zero-order valence-electron chi connectivity index (χ0n) is 13.8. The van der Waals surface area contributed by atoms with E-state index in [0.29, 0.717) is 50.3 Å². The van der Waals surface area contributed by atoms with Gasteiger partial charge in [0.2, 0.25) is 11.8 Å². The second kappa shape index (κ2) is 10.2. The Labute approximate surface area is 142 Å². The van der Waals surface area contributed by atoms with Gasteiger partial charge in [0.15, 0.2) is 0 Å². The molecule has 1 atom stereocenters. The van der Waals surface area contributed by atoms with Gasteiger partial charge in [-0.15, -0.1) is 11.8 Å². The molecule has 0 radical (unpaired) electrons. The van der Waals surface area contributed by atoms with E-state index < -0.39 is 0 Å². The maximum absolute atomic E-state index is 12.1. The van der Waals surface area contributed by atoms with E-state index in [-0.39, 0.29) is 17.9 Å². The molecule has 1 unspecified atom stereocenters. The van der Waals surface area contributed by atoms with Gasteiger partial charge in [-0.1, -0.05) is 19.3 Å². The Morgan fingerprint density at radius 2 is 1.87 bits per heavy atom. The van der Waals surface area contributed by atoms with Crippen LogP contribution in [0.25, 0.3) is 0 Å². The molecule has 2 fully saturated rings. The van der Waals surface area contributed by atoms with E-state index in [9.17, 15) is 9.59 Å². The third kappa shape index (κ3) is 6.31. The van der Waals surface area contributed by atoms with Gasteiger partial charge in [-0.3, -0.25) is 9.59 Å². The first-order valence-corrected chi connectivity index (χ1v) is 9.79. The summed E-state index contributed by atoms with van der Waals surface area (Å²) in [6, 6.07) is 0.0818. The molecule has 6 nitrogen and oxygen atoms in total. The van der Waals surface area contributed by atoms with E-state index in [0.717, 1.165) is 12.8 Å². The van der Waals surface area contributed by atoms with Crippen molar-refractivity contribution in [2.75, 3.05) is 44.4 Å². The third-order valence-corrected chi connectivity index (χ3v) is 5.56. The number of hydrogen-bond acceptors (Lipinski definition) is 5. The fourth-order valence-electron chi connectivity index (χ4n) is 3.29. The lowest BCUT2D eigenvalue weighted by Gasteiger charge is -2.30. The van der Waals surface area contributed by atoms with Crippen molar-refractivity contribution in [1.82, 2.24) is 10.2 Å². The van der Waals surface area contributed by atoms with Gasteiger partial charge < -0.3 is 20.7 Å². The summed E-state index contributed by atoms with van der Waals surface area (Å²) in [5, 5.41) is 3.06. The SMILES string of the molecule is NCC(NC(=O)CSCC(=O)N1CCOCC1)C1CCCCC1. The Bertz CT molecular complexity index is 383. The fourth-order valence-corrected chi connectivity index (χ4v) is 4.02. The van der Waals surface area contributed by atoms with Crippen molar-refractivity contribution in [2.45, 2.75) is 38.1 Å². The summed E-state index contributed by atoms with van der Waals surface area (Å²) in [4.78, 5) is 25.9. The van der Waals surface area contributed by atoms with E-state index in [2.05, 4.69) is 5.32 Å². The number of morpholine rings is 1. The Kier molecular flexibility index (Phi) is 8.19. The normalized spacial score (nSPS) is 21.0. The molecule has 2 aliphatic rings. The summed E-state index contributed by atoms with van der Waals surface area (Å²) < 4.78 is 5.23. The van der Waals surface area contributed by atoms with Gasteiger partial charge >= 0.3 is 0 Å². The topological polar surface area (TPSA) is 84.7 Å². The van der Waals surface area contributed by atoms with E-state index >= 15 is 0 Å². The van der Waals surface area contributed by atoms with Crippen LogP contribution in [0.5, 0.6) is 0 Å². The smallest absolute Gasteiger partial charge is 0.232 e. The van der Waals surface area contributed by atoms with Crippen LogP contribution in [0.1, 0.15) is 32.1 Å². The molecule has 1 aliphatic carbocycles. The summed E-state index contributed by atoms with van der Waals surface area (Å²) in [7, 11) is 0. The largest absolute Gasteiger partial charge is 0.378 e. The summed E-state index contributed by atoms with van der Waals surface area (Å²) in [6.07, 6.45) is 6.08. The van der Waals surface area contributed by atoms with Crippen molar-refractivity contribution in [3.05, 3.63) is 0 Å². The van der Waals surface area contributed by atoms with Crippen molar-refractivity contribution in [3.63, 3.8) is 0 Å². The van der Waals surface area contributed by atoms with Crippen LogP contribution in [0.4, 0.5) is 0 Å². The van der Waals surface area contributed by atoms with Crippen LogP contribution in [-0.4, -0.2) is 67.1 Å². The second-order valence-corrected chi connectivity index (χ2v) is 7.28. The first kappa shape index (κ1) is 18.5. The monoisotopic (exact) mass is 343 g/mol. The predicted molar refractivity (Wildman–Crippen MR) is 92.3 cm³/mol. The highest BCUT2D eigenvalue weighted by Crippen LogP contribution is 2.26. The summed E-state index contributed by atoms with van der Waals surface area (Å²) in [5.41, 5.74) is 5.83. The zero-order valence-corrected chi connectivity index (χ0v) is 14.6. The van der Waals surface area contributed by atoms with Gasteiger partial charge in [-0.25, -0.2) is 0 Å². The average Bonchev–Trinajstić information content (AvgIpc) is 2.61. The molecule has 1 heterocycles. The maximum atomic E-state index is 12.1. The number of nitrogens with zero attached hydrogens (tertiary/aromatic N) is 1. The van der Waals surface area contributed by atoms with Crippen LogP contribution < -0.4 is 11.1 Å². The number of nitrogens with one attached hydrogen (secondary N) is 1. The van der Waals surface area contributed by atoms with Gasteiger partial charge in [0.05, 0.1) is 24.7 Å². The molecule has 132 valence electrons. The molecule has 2 rings (SSSR count). The molecule has 0 aromatic rings. The minimum Gasteiger partial charge on any atom is -0.378 e. The van der Waals surface area contributed by atoms with Crippen molar-refractivity contribution in [1.29, 1.82) is 0 Å². The average molecular weight is 343 g/mol. The van der Waals surface area contributed by atoms with E-state index in [4.69, 9.17) is 10.5 Å². The van der Waals surface area contributed by atoms with Crippen LogP contribution in [-0.2, 0) is 14.3 Å². The molecule has 0 aromatic heterocycles. The number of hydrogen-bond donors (Lipinski definition) is 2. The molecule has 2 amide bonds. The minimum absolute atomic E-state index is 0.00852. The highest BCUT2D eigenvalue weighted by molar-refractivity contribution is 8.00. The van der Waals surface area contributed by atoms with Gasteiger partial charge in [0, 0.05) is 25.7 Å². The van der Waals surface area contributed by atoms with Crippen molar-refractivity contribution in [2.24, 2.45) is 11.7 Å². The molecule has 0 spiro atoms. The highest BCUT2D eigenvalue weighted by atomic mass is 32.2. The Hall–Kier alpha value is -0.790. The van der Waals surface area contributed by atoms with Crippen LogP contribution in [0.2, 0.25) is 0 Å². The fraction of sp³-hybridized carbons (Fsp3) is 0.875. The van der Waals surface area contributed by atoms with Crippen LogP contribution in [0, 0.1) is 5.92 Å². The molecule has 3 N–H and O–H groups in total. The molecule has 1 aliphatic heterocycles. The molecule has 1 saturated heterocycles. The van der Waals surface area contributed by atoms with Crippen LogP contribution >= 0.6 is 11.8 Å². The summed E-state index contributed by atoms with van der Waals surface area (Å²) in [5.74, 6) is 1.26. The van der Waals surface area contributed by atoms with Gasteiger partial charge in [0.25, 0.3) is 0 Å². The van der Waals surface area contributed by atoms with E-state index in [1.54, 1.807) is 4.90 Å². The van der Waals surface area contributed by atoms with Gasteiger partial charge in [-0.2, -0.15) is 0 Å². The molecule has 0 bridgehead atoms. The Balaban J connectivity index is 1.64. The van der Waals surface area contributed by atoms with Crippen LogP contribution in [0.3, 0.4) is 0 Å². The lowest BCUT2D eigenvalue weighted by Crippen LogP contribution is -2.46. The van der Waals surface area contributed by atoms with Gasteiger partial charge in [-0.05, 0) is 18.8 Å². The number of ether oxygens (including phenoxy) is 1. The lowest BCUT2D eigenvalue weighted by molar-refractivity contribution is -0.132. The number of carbonyl (C=O) groups excluding carboxylic acids is 2. The summed E-state index contributed by atoms with van der Waals surface area (Å²) >= 11 is 1.38. The Morgan fingerprint density at radius 1 is 1.17 bits per heavy atom. The van der Waals surface area contributed by atoms with Crippen molar-refractivity contribution < 1.29 is 14.3 Å². The van der Waals surface area contributed by atoms with Crippen molar-refractivity contribution in [3.8, 4) is 0 Å². The number of amides is 2. The van der Waals surface area contributed by atoms with Gasteiger partial charge in [0.1, 0.15) is 0 Å². The second-order valence-electron chi connectivity index (χ2n) is 6.29. The molecular formula is C16H29N3O3S. The predicted octanol–water partition coefficient (Wildman–Crippen LogP) is 0.602. The first-order valence-electron chi connectivity index (χ1n) is 8.63.